The van der Waals surface area contributed by atoms with E-state index in [1.807, 2.05) is 18.4 Å². The van der Waals surface area contributed by atoms with Gasteiger partial charge < -0.3 is 14.8 Å². The molecule has 126 valence electrons. The quantitative estimate of drug-likeness (QED) is 0.615. The first-order chi connectivity index (χ1) is 11.6. The Hall–Kier alpha value is -2.54. The maximum Gasteiger partial charge on any atom is 0.344 e. The van der Waals surface area contributed by atoms with Gasteiger partial charge in [0.1, 0.15) is 11.6 Å². The molecule has 0 fully saturated rings. The standard InChI is InChI=1S/C17H16FNO4S/c1-24-15-8-3-2-7-14(15)19-16(20)10-23-17(21)11-22-13-6-4-5-12(18)9-13/h2-9H,10-11H2,1H3,(H,19,20). The van der Waals surface area contributed by atoms with Crippen molar-refractivity contribution in [2.45, 2.75) is 4.90 Å². The third-order valence-electron chi connectivity index (χ3n) is 2.90. The second kappa shape index (κ2) is 8.93. The van der Waals surface area contributed by atoms with Gasteiger partial charge in [-0.15, -0.1) is 11.8 Å². The van der Waals surface area contributed by atoms with Crippen molar-refractivity contribution in [1.82, 2.24) is 0 Å². The van der Waals surface area contributed by atoms with Crippen LogP contribution in [0.1, 0.15) is 0 Å². The van der Waals surface area contributed by atoms with Gasteiger partial charge in [0.15, 0.2) is 13.2 Å². The summed E-state index contributed by atoms with van der Waals surface area (Å²) < 4.78 is 22.9. The first-order valence-corrected chi connectivity index (χ1v) is 8.28. The fourth-order valence-corrected chi connectivity index (χ4v) is 2.37. The van der Waals surface area contributed by atoms with Crippen LogP contribution >= 0.6 is 11.8 Å². The van der Waals surface area contributed by atoms with Crippen molar-refractivity contribution in [3.05, 3.63) is 54.3 Å². The number of anilines is 1. The molecule has 0 aliphatic heterocycles. The number of amides is 1. The number of para-hydroxylation sites is 1. The van der Waals surface area contributed by atoms with Crippen molar-refractivity contribution >= 4 is 29.3 Å². The predicted molar refractivity (Wildman–Crippen MR) is 89.7 cm³/mol. The van der Waals surface area contributed by atoms with Crippen LogP contribution in [-0.4, -0.2) is 31.3 Å². The summed E-state index contributed by atoms with van der Waals surface area (Å²) in [6.45, 7) is -0.827. The molecule has 0 aromatic heterocycles. The molecule has 0 heterocycles. The average molecular weight is 349 g/mol. The van der Waals surface area contributed by atoms with Gasteiger partial charge in [-0.25, -0.2) is 9.18 Å². The number of halogens is 1. The molecule has 1 amide bonds. The largest absolute Gasteiger partial charge is 0.482 e. The number of nitrogens with one attached hydrogen (secondary N) is 1. The third kappa shape index (κ3) is 5.58. The molecule has 5 nitrogen and oxygen atoms in total. The number of benzene rings is 2. The Bertz CT molecular complexity index is 723. The first-order valence-electron chi connectivity index (χ1n) is 7.05. The maximum atomic E-state index is 13.0. The fourth-order valence-electron chi connectivity index (χ4n) is 1.82. The summed E-state index contributed by atoms with van der Waals surface area (Å²) in [5.74, 6) is -1.42. The van der Waals surface area contributed by atoms with Gasteiger partial charge in [0.25, 0.3) is 5.91 Å². The zero-order valence-corrected chi connectivity index (χ0v) is 13.8. The van der Waals surface area contributed by atoms with E-state index < -0.39 is 30.9 Å². The van der Waals surface area contributed by atoms with E-state index >= 15 is 0 Å². The predicted octanol–water partition coefficient (Wildman–Crippen LogP) is 3.11. The van der Waals surface area contributed by atoms with E-state index in [1.165, 1.54) is 30.0 Å². The summed E-state index contributed by atoms with van der Waals surface area (Å²) in [5, 5.41) is 2.67. The van der Waals surface area contributed by atoms with E-state index in [-0.39, 0.29) is 5.75 Å². The van der Waals surface area contributed by atoms with Gasteiger partial charge in [-0.3, -0.25) is 4.79 Å². The first kappa shape index (κ1) is 17.8. The Morgan fingerprint density at radius 2 is 1.92 bits per heavy atom. The van der Waals surface area contributed by atoms with E-state index in [0.29, 0.717) is 5.69 Å². The van der Waals surface area contributed by atoms with Crippen LogP contribution in [0.5, 0.6) is 5.75 Å². The smallest absolute Gasteiger partial charge is 0.344 e. The van der Waals surface area contributed by atoms with Crippen LogP contribution in [0, 0.1) is 5.82 Å². The van der Waals surface area contributed by atoms with Crippen LogP contribution in [-0.2, 0) is 14.3 Å². The molecular formula is C17H16FNO4S. The van der Waals surface area contributed by atoms with E-state index in [2.05, 4.69) is 5.32 Å². The fraction of sp³-hybridized carbons (Fsp3) is 0.176. The molecule has 0 unspecified atom stereocenters. The van der Waals surface area contributed by atoms with E-state index in [0.717, 1.165) is 11.0 Å². The minimum Gasteiger partial charge on any atom is -0.482 e. The highest BCUT2D eigenvalue weighted by molar-refractivity contribution is 7.98. The Morgan fingerprint density at radius 3 is 2.67 bits per heavy atom. The Kier molecular flexibility index (Phi) is 6.62. The Labute approximate surface area is 143 Å². The van der Waals surface area contributed by atoms with Crippen LogP contribution in [0.25, 0.3) is 0 Å². The van der Waals surface area contributed by atoms with Gasteiger partial charge in [0.2, 0.25) is 0 Å². The monoisotopic (exact) mass is 349 g/mol. The van der Waals surface area contributed by atoms with Crippen molar-refractivity contribution in [3.63, 3.8) is 0 Å². The van der Waals surface area contributed by atoms with Gasteiger partial charge in [-0.05, 0) is 30.5 Å². The van der Waals surface area contributed by atoms with Crippen LogP contribution in [0.3, 0.4) is 0 Å². The molecule has 24 heavy (non-hydrogen) atoms. The van der Waals surface area contributed by atoms with E-state index in [9.17, 15) is 14.0 Å². The number of esters is 1. The highest BCUT2D eigenvalue weighted by Crippen LogP contribution is 2.24. The summed E-state index contributed by atoms with van der Waals surface area (Å²) in [6.07, 6.45) is 1.90. The van der Waals surface area contributed by atoms with Gasteiger partial charge in [-0.1, -0.05) is 18.2 Å². The molecule has 2 rings (SSSR count). The molecular weight excluding hydrogens is 333 g/mol. The number of ether oxygens (including phenoxy) is 2. The second-order valence-corrected chi connectivity index (χ2v) is 5.50. The Morgan fingerprint density at radius 1 is 1.12 bits per heavy atom. The van der Waals surface area contributed by atoms with Crippen LogP contribution < -0.4 is 10.1 Å². The highest BCUT2D eigenvalue weighted by Gasteiger charge is 2.10. The molecule has 0 atom stereocenters. The summed E-state index contributed by atoms with van der Waals surface area (Å²) >= 11 is 1.50. The Balaban J connectivity index is 1.76. The lowest BCUT2D eigenvalue weighted by atomic mass is 10.3. The molecule has 0 saturated heterocycles. The van der Waals surface area contributed by atoms with Gasteiger partial charge in [0, 0.05) is 11.0 Å². The number of thioether (sulfide) groups is 1. The number of rotatable bonds is 7. The number of hydrogen-bond acceptors (Lipinski definition) is 5. The molecule has 0 aliphatic carbocycles. The van der Waals surface area contributed by atoms with Crippen molar-refractivity contribution in [3.8, 4) is 5.75 Å². The lowest BCUT2D eigenvalue weighted by Crippen LogP contribution is -2.23. The topological polar surface area (TPSA) is 64.6 Å². The molecule has 7 heteroatoms. The van der Waals surface area contributed by atoms with Crippen molar-refractivity contribution in [2.75, 3.05) is 24.8 Å². The van der Waals surface area contributed by atoms with Crippen molar-refractivity contribution in [1.29, 1.82) is 0 Å². The number of carbonyl (C=O) groups is 2. The van der Waals surface area contributed by atoms with Crippen LogP contribution in [0.4, 0.5) is 10.1 Å². The van der Waals surface area contributed by atoms with Gasteiger partial charge >= 0.3 is 5.97 Å². The molecule has 0 bridgehead atoms. The summed E-state index contributed by atoms with van der Waals surface area (Å²) in [7, 11) is 0. The molecule has 0 aliphatic rings. The lowest BCUT2D eigenvalue weighted by molar-refractivity contribution is -0.149. The highest BCUT2D eigenvalue weighted by atomic mass is 32.2. The zero-order chi connectivity index (χ0) is 17.4. The average Bonchev–Trinajstić information content (AvgIpc) is 2.58. The molecule has 2 aromatic carbocycles. The minimum absolute atomic E-state index is 0.213. The van der Waals surface area contributed by atoms with E-state index in [4.69, 9.17) is 9.47 Å². The molecule has 0 radical (unpaired) electrons. The SMILES string of the molecule is CSc1ccccc1NC(=O)COC(=O)COc1cccc(F)c1. The summed E-state index contributed by atoms with van der Waals surface area (Å²) in [5.41, 5.74) is 0.655. The number of hydrogen-bond donors (Lipinski definition) is 1. The molecule has 0 spiro atoms. The second-order valence-electron chi connectivity index (χ2n) is 4.66. The number of carbonyl (C=O) groups excluding carboxylic acids is 2. The molecule has 0 saturated carbocycles. The van der Waals surface area contributed by atoms with Crippen LogP contribution in [0.2, 0.25) is 0 Å². The van der Waals surface area contributed by atoms with Crippen molar-refractivity contribution in [2.24, 2.45) is 0 Å². The molecule has 2 aromatic rings. The van der Waals surface area contributed by atoms with Crippen LogP contribution in [0.15, 0.2) is 53.4 Å². The van der Waals surface area contributed by atoms with E-state index in [1.54, 1.807) is 12.1 Å². The maximum absolute atomic E-state index is 13.0. The summed E-state index contributed by atoms with van der Waals surface area (Å²) in [6, 6.07) is 12.7. The molecule has 1 N–H and O–H groups in total. The normalized spacial score (nSPS) is 10.1. The summed E-state index contributed by atoms with van der Waals surface area (Å²) in [4.78, 5) is 24.3. The van der Waals surface area contributed by atoms with Gasteiger partial charge in [-0.2, -0.15) is 0 Å². The minimum atomic E-state index is -0.715. The third-order valence-corrected chi connectivity index (χ3v) is 3.69. The van der Waals surface area contributed by atoms with Crippen molar-refractivity contribution < 1.29 is 23.5 Å². The lowest BCUT2D eigenvalue weighted by Gasteiger charge is -2.10. The zero-order valence-electron chi connectivity index (χ0n) is 13.0. The van der Waals surface area contributed by atoms with Gasteiger partial charge in [0.05, 0.1) is 5.69 Å².